The summed E-state index contributed by atoms with van der Waals surface area (Å²) in [5.74, 6) is -1.88. The zero-order valence-corrected chi connectivity index (χ0v) is 16.1. The number of amides is 2. The number of rotatable bonds is 9. The Morgan fingerprint density at radius 3 is 1.76 bits per heavy atom. The van der Waals surface area contributed by atoms with E-state index in [9.17, 15) is 9.59 Å². The number of nitrogens with two attached hydrogens (primary N) is 3. The van der Waals surface area contributed by atoms with Gasteiger partial charge in [0.1, 0.15) is 53.1 Å². The van der Waals surface area contributed by atoms with Gasteiger partial charge in [-0.3, -0.25) is 9.59 Å². The summed E-state index contributed by atoms with van der Waals surface area (Å²) in [6, 6.07) is -1.08. The molecule has 2 amide bonds. The molecule has 0 unspecified atom stereocenters. The number of nitrogens with one attached hydrogen (secondary N) is 1. The van der Waals surface area contributed by atoms with Crippen LogP contribution < -0.4 is 49.8 Å². The number of carbonyl (C=O) groups excluding carboxylic acids is 2. The van der Waals surface area contributed by atoms with E-state index in [1.807, 2.05) is 0 Å². The first kappa shape index (κ1) is 25.6. The molecule has 2 atom stereocenters. The van der Waals surface area contributed by atoms with E-state index in [4.69, 9.17) is 80.0 Å². The van der Waals surface area contributed by atoms with E-state index in [2.05, 4.69) is 5.32 Å². The van der Waals surface area contributed by atoms with Crippen molar-refractivity contribution in [2.75, 3.05) is 6.54 Å². The minimum absolute atomic E-state index is 0.0858. The minimum Gasteiger partial charge on any atom is -0.368 e. The summed E-state index contributed by atoms with van der Waals surface area (Å²) in [6.45, 7) is 0.407. The van der Waals surface area contributed by atoms with Crippen LogP contribution in [-0.2, 0) is 14.8 Å². The van der Waals surface area contributed by atoms with Crippen molar-refractivity contribution in [2.45, 2.75) is 36.0 Å². The van der Waals surface area contributed by atoms with Gasteiger partial charge in [0.2, 0.25) is 11.8 Å². The number of hydrogen-bond donors (Lipinski definition) is 4. The molecule has 14 heteroatoms. The Kier molecular flexibility index (Phi) is 8.49. The Bertz CT molecular complexity index is 774. The molecule has 1 aromatic carbocycles. The van der Waals surface area contributed by atoms with Gasteiger partial charge in [0, 0.05) is 5.44 Å². The third-order valence-corrected chi connectivity index (χ3v) is 4.77. The molecular formula is C15H16B8N4O2. The third-order valence-electron chi connectivity index (χ3n) is 4.77. The molecule has 6 nitrogen and oxygen atoms in total. The Morgan fingerprint density at radius 1 is 0.897 bits per heavy atom. The van der Waals surface area contributed by atoms with Crippen molar-refractivity contribution in [3.8, 4) is 0 Å². The van der Waals surface area contributed by atoms with Crippen molar-refractivity contribution in [2.24, 2.45) is 17.2 Å². The lowest BCUT2D eigenvalue weighted by Gasteiger charge is -2.46. The fourth-order valence-electron chi connectivity index (χ4n) is 2.75. The molecule has 7 N–H and O–H groups in total. The lowest BCUT2D eigenvalue weighted by atomic mass is 9.34. The van der Waals surface area contributed by atoms with Crippen LogP contribution in [0.4, 0.5) is 0 Å². The first-order valence-electron chi connectivity index (χ1n) is 8.69. The quantitative estimate of drug-likeness (QED) is 0.254. The zero-order valence-electron chi connectivity index (χ0n) is 16.1. The molecule has 0 aliphatic heterocycles. The summed E-state index contributed by atoms with van der Waals surface area (Å²) in [5.41, 5.74) is 13.1. The molecule has 1 aromatic rings. The van der Waals surface area contributed by atoms with Crippen LogP contribution in [0.5, 0.6) is 0 Å². The molecule has 0 aliphatic carbocycles. The van der Waals surface area contributed by atoms with E-state index in [1.165, 1.54) is 0 Å². The van der Waals surface area contributed by atoms with Crippen molar-refractivity contribution in [3.63, 3.8) is 0 Å². The van der Waals surface area contributed by atoms with Crippen molar-refractivity contribution < 1.29 is 9.59 Å². The highest BCUT2D eigenvalue weighted by molar-refractivity contribution is 6.68. The molecule has 0 spiro atoms. The zero-order chi connectivity index (χ0) is 22.7. The predicted molar refractivity (Wildman–Crippen MR) is 123 cm³/mol. The van der Waals surface area contributed by atoms with Gasteiger partial charge >= 0.3 is 0 Å². The molecule has 132 valence electrons. The standard InChI is InChI=1S/C15H16B8N4O2/c16-7-6(8(17)10(19)11(20)9(7)18)14(21,22)15(23,26)13(29)27-5(12(25)28)3-1-2-4-24/h5H,1-4,24,26H2,(H2,25,28)(H,27,29)/t5-,15+/m0/s1. The predicted octanol–water partition coefficient (Wildman–Crippen LogP) is -7.93. The average Bonchev–Trinajstić information content (AvgIpc) is 2.63. The van der Waals surface area contributed by atoms with Gasteiger partial charge < -0.3 is 22.5 Å². The van der Waals surface area contributed by atoms with E-state index in [0.29, 0.717) is 19.4 Å². The molecule has 0 aliphatic rings. The number of carbonyl (C=O) groups is 2. The second-order valence-corrected chi connectivity index (χ2v) is 6.89. The molecule has 0 aromatic heterocycles. The minimum atomic E-state index is -2.51. The molecule has 1 rings (SSSR count). The lowest BCUT2D eigenvalue weighted by Crippen LogP contribution is -2.73. The third kappa shape index (κ3) is 5.02. The van der Waals surface area contributed by atoms with Crippen LogP contribution in [-0.4, -0.2) is 92.6 Å². The highest BCUT2D eigenvalue weighted by atomic mass is 16.2. The highest BCUT2D eigenvalue weighted by Gasteiger charge is 2.45. The summed E-state index contributed by atoms with van der Waals surface area (Å²) >= 11 is 0. The first-order valence-corrected chi connectivity index (χ1v) is 8.69. The maximum absolute atomic E-state index is 12.8. The molecule has 0 saturated carbocycles. The van der Waals surface area contributed by atoms with Crippen molar-refractivity contribution in [3.05, 3.63) is 5.56 Å². The smallest absolute Gasteiger partial charge is 0.240 e. The van der Waals surface area contributed by atoms with Gasteiger partial charge in [-0.1, -0.05) is 10.8 Å². The highest BCUT2D eigenvalue weighted by Crippen LogP contribution is 2.23. The van der Waals surface area contributed by atoms with Crippen molar-refractivity contribution >= 4 is 102 Å². The van der Waals surface area contributed by atoms with Crippen molar-refractivity contribution in [1.82, 2.24) is 5.32 Å². The fraction of sp³-hybridized carbons (Fsp3) is 0.467. The Balaban J connectivity index is 3.33. The molecule has 0 bridgehead atoms. The maximum Gasteiger partial charge on any atom is 0.240 e. The van der Waals surface area contributed by atoms with E-state index in [-0.39, 0.29) is 39.3 Å². The summed E-state index contributed by atoms with van der Waals surface area (Å²) < 4.78 is 0. The topological polar surface area (TPSA) is 124 Å². The molecule has 0 fully saturated rings. The lowest BCUT2D eigenvalue weighted by molar-refractivity contribution is -0.129. The van der Waals surface area contributed by atoms with Crippen LogP contribution in [0, 0.1) is 0 Å². The summed E-state index contributed by atoms with van der Waals surface area (Å²) in [7, 11) is 47.4. The van der Waals surface area contributed by atoms with Crippen LogP contribution in [0.25, 0.3) is 0 Å². The largest absolute Gasteiger partial charge is 0.368 e. The second kappa shape index (κ2) is 9.61. The van der Waals surface area contributed by atoms with Crippen molar-refractivity contribution in [1.29, 1.82) is 0 Å². The van der Waals surface area contributed by atoms with Gasteiger partial charge in [-0.25, -0.2) is 0 Å². The SMILES string of the molecule is [B]c1c([B])c([B])c(C([B])([B])[C@]([B])(N)C(=O)N[C@@H](CCCCN)C(N)=O)c([B])c1[B]. The van der Waals surface area contributed by atoms with Crippen LogP contribution in [0.15, 0.2) is 0 Å². The van der Waals surface area contributed by atoms with Gasteiger partial charge in [0.05, 0.1) is 15.7 Å². The monoisotopic (exact) mass is 372 g/mol. The molecular weight excluding hydrogens is 355 g/mol. The first-order chi connectivity index (χ1) is 13.2. The van der Waals surface area contributed by atoms with Crippen LogP contribution in [0.2, 0.25) is 0 Å². The number of benzene rings is 1. The average molecular weight is 371 g/mol. The summed E-state index contributed by atoms with van der Waals surface area (Å²) in [6.07, 6.45) is 1.35. The van der Waals surface area contributed by atoms with E-state index in [0.717, 1.165) is 0 Å². The molecule has 0 saturated heterocycles. The van der Waals surface area contributed by atoms with Gasteiger partial charge in [-0.05, 0) is 25.8 Å². The van der Waals surface area contributed by atoms with Gasteiger partial charge in [-0.15, -0.1) is 27.3 Å². The molecule has 29 heavy (non-hydrogen) atoms. The van der Waals surface area contributed by atoms with E-state index < -0.39 is 28.5 Å². The van der Waals surface area contributed by atoms with E-state index >= 15 is 0 Å². The Hall–Kier alpha value is -1.40. The number of primary amides is 1. The van der Waals surface area contributed by atoms with Crippen LogP contribution in [0.3, 0.4) is 0 Å². The number of hydrogen-bond acceptors (Lipinski definition) is 4. The summed E-state index contributed by atoms with van der Waals surface area (Å²) in [5, 5.41) is -0.0225. The van der Waals surface area contributed by atoms with Gasteiger partial charge in [-0.2, -0.15) is 0 Å². The maximum atomic E-state index is 12.8. The summed E-state index contributed by atoms with van der Waals surface area (Å²) in [4.78, 5) is 24.4. The number of unbranched alkanes of at least 4 members (excludes halogenated alkanes) is 1. The van der Waals surface area contributed by atoms with Crippen LogP contribution >= 0.6 is 0 Å². The molecule has 16 radical (unpaired) electrons. The normalized spacial score (nSPS) is 14.7. The van der Waals surface area contributed by atoms with Gasteiger partial charge in [0.15, 0.2) is 0 Å². The van der Waals surface area contributed by atoms with Crippen LogP contribution in [0.1, 0.15) is 24.8 Å². The Morgan fingerprint density at radius 2 is 1.34 bits per heavy atom. The molecule has 0 heterocycles. The van der Waals surface area contributed by atoms with E-state index in [1.54, 1.807) is 0 Å². The van der Waals surface area contributed by atoms with Gasteiger partial charge in [0.25, 0.3) is 0 Å². The Labute approximate surface area is 182 Å². The fourth-order valence-corrected chi connectivity index (χ4v) is 2.75. The second-order valence-electron chi connectivity index (χ2n) is 6.89.